The number of anilines is 2. The molecule has 2 heterocycles. The van der Waals surface area contributed by atoms with Crippen LogP contribution in [0.4, 0.5) is 11.4 Å². The second-order valence-electron chi connectivity index (χ2n) is 5.60. The van der Waals surface area contributed by atoms with Gasteiger partial charge in [-0.25, -0.2) is 0 Å². The Morgan fingerprint density at radius 1 is 1.16 bits per heavy atom. The third-order valence-corrected chi connectivity index (χ3v) is 5.37. The fraction of sp³-hybridized carbons (Fsp3) is 0.105. The molecule has 126 valence electrons. The van der Waals surface area contributed by atoms with Gasteiger partial charge in [0.25, 0.3) is 5.91 Å². The average molecular weight is 371 g/mol. The Labute approximate surface area is 154 Å². The van der Waals surface area contributed by atoms with E-state index < -0.39 is 0 Å². The van der Waals surface area contributed by atoms with Crippen molar-refractivity contribution in [2.75, 3.05) is 17.3 Å². The molecule has 0 fully saturated rings. The molecule has 0 bridgehead atoms. The van der Waals surface area contributed by atoms with Gasteiger partial charge in [0.1, 0.15) is 11.9 Å². The van der Waals surface area contributed by atoms with Crippen LogP contribution < -0.4 is 15.0 Å². The van der Waals surface area contributed by atoms with Crippen LogP contribution in [0, 0.1) is 0 Å². The third kappa shape index (κ3) is 2.75. The van der Waals surface area contributed by atoms with Crippen molar-refractivity contribution in [3.63, 3.8) is 0 Å². The molecular formula is C19H15ClN2O2S. The number of thiophene rings is 1. The zero-order valence-electron chi connectivity index (χ0n) is 13.4. The van der Waals surface area contributed by atoms with Gasteiger partial charge in [-0.2, -0.15) is 0 Å². The number of carbonyl (C=O) groups excluding carboxylic acids is 1. The molecule has 4 nitrogen and oxygen atoms in total. The number of halogens is 1. The van der Waals surface area contributed by atoms with Crippen molar-refractivity contribution in [1.82, 2.24) is 0 Å². The molecule has 0 radical (unpaired) electrons. The van der Waals surface area contributed by atoms with E-state index in [2.05, 4.69) is 5.32 Å². The summed E-state index contributed by atoms with van der Waals surface area (Å²) in [6.07, 6.45) is -0.285. The number of amides is 1. The summed E-state index contributed by atoms with van der Waals surface area (Å²) in [5, 5.41) is 5.94. The number of para-hydroxylation sites is 1. The number of hydrogen-bond acceptors (Lipinski definition) is 4. The number of rotatable bonds is 3. The molecule has 1 atom stereocenters. The Kier molecular flexibility index (Phi) is 4.11. The van der Waals surface area contributed by atoms with Gasteiger partial charge < -0.3 is 10.1 Å². The first-order valence-corrected chi connectivity index (χ1v) is 9.01. The van der Waals surface area contributed by atoms with Crippen LogP contribution in [0.25, 0.3) is 0 Å². The zero-order valence-corrected chi connectivity index (χ0v) is 15.0. The van der Waals surface area contributed by atoms with E-state index in [4.69, 9.17) is 16.3 Å². The number of ether oxygens (including phenoxy) is 1. The lowest BCUT2D eigenvalue weighted by Crippen LogP contribution is -2.42. The molecule has 25 heavy (non-hydrogen) atoms. The highest BCUT2D eigenvalue weighted by Crippen LogP contribution is 2.39. The minimum absolute atomic E-state index is 0.0611. The lowest BCUT2D eigenvalue weighted by Gasteiger charge is -2.37. The highest BCUT2D eigenvalue weighted by atomic mass is 35.5. The maximum atomic E-state index is 13.2. The normalized spacial score (nSPS) is 16.3. The summed E-state index contributed by atoms with van der Waals surface area (Å²) in [7, 11) is 1.57. The molecular weight excluding hydrogens is 356 g/mol. The van der Waals surface area contributed by atoms with Crippen LogP contribution in [-0.4, -0.2) is 13.0 Å². The van der Waals surface area contributed by atoms with Crippen molar-refractivity contribution in [1.29, 1.82) is 0 Å². The van der Waals surface area contributed by atoms with E-state index >= 15 is 0 Å². The van der Waals surface area contributed by atoms with Crippen LogP contribution in [0.15, 0.2) is 60.0 Å². The standard InChI is InChI=1S/C19H15ClN2O2S/c1-24-16-9-8-12(11-14(16)20)22-18(17-7-4-10-25-17)21-15-6-3-2-5-13(15)19(22)23/h2-11,18,21H,1H3/t18-/m0/s1. The number of benzene rings is 2. The minimum Gasteiger partial charge on any atom is -0.495 e. The lowest BCUT2D eigenvalue weighted by atomic mass is 10.1. The van der Waals surface area contributed by atoms with E-state index in [9.17, 15) is 4.79 Å². The number of nitrogens with one attached hydrogen (secondary N) is 1. The van der Waals surface area contributed by atoms with E-state index in [-0.39, 0.29) is 12.1 Å². The number of hydrogen-bond donors (Lipinski definition) is 1. The highest BCUT2D eigenvalue weighted by Gasteiger charge is 2.34. The van der Waals surface area contributed by atoms with Crippen LogP contribution in [0.3, 0.4) is 0 Å². The van der Waals surface area contributed by atoms with Gasteiger partial charge in [0.2, 0.25) is 0 Å². The maximum absolute atomic E-state index is 13.2. The minimum atomic E-state index is -0.285. The molecule has 6 heteroatoms. The predicted molar refractivity (Wildman–Crippen MR) is 102 cm³/mol. The van der Waals surface area contributed by atoms with Gasteiger partial charge in [-0.1, -0.05) is 29.8 Å². The Balaban J connectivity index is 1.85. The first-order chi connectivity index (χ1) is 12.2. The number of fused-ring (bicyclic) bond motifs is 1. The SMILES string of the molecule is COc1ccc(N2C(=O)c3ccccc3N[C@@H]2c2cccs2)cc1Cl. The predicted octanol–water partition coefficient (Wildman–Crippen LogP) is 5.18. The Hall–Kier alpha value is -2.50. The van der Waals surface area contributed by atoms with E-state index in [0.717, 1.165) is 16.3 Å². The summed E-state index contributed by atoms with van der Waals surface area (Å²) in [5.41, 5.74) is 2.19. The molecule has 0 saturated carbocycles. The van der Waals surface area contributed by atoms with Crippen LogP contribution in [0.1, 0.15) is 21.4 Å². The van der Waals surface area contributed by atoms with Crippen LogP contribution in [-0.2, 0) is 0 Å². The summed E-state index contributed by atoms with van der Waals surface area (Å²) < 4.78 is 5.22. The van der Waals surface area contributed by atoms with Crippen molar-refractivity contribution >= 4 is 40.2 Å². The topological polar surface area (TPSA) is 41.6 Å². The quantitative estimate of drug-likeness (QED) is 0.690. The number of carbonyl (C=O) groups is 1. The van der Waals surface area contributed by atoms with Crippen molar-refractivity contribution in [2.45, 2.75) is 6.17 Å². The largest absolute Gasteiger partial charge is 0.495 e. The van der Waals surface area contributed by atoms with Crippen molar-refractivity contribution < 1.29 is 9.53 Å². The summed E-state index contributed by atoms with van der Waals surface area (Å²) in [6, 6.07) is 16.9. The van der Waals surface area contributed by atoms with E-state index in [1.165, 1.54) is 0 Å². The van der Waals surface area contributed by atoms with Gasteiger partial charge in [0.05, 0.1) is 17.7 Å². The maximum Gasteiger partial charge on any atom is 0.262 e. The van der Waals surface area contributed by atoms with Crippen molar-refractivity contribution in [3.8, 4) is 5.75 Å². The monoisotopic (exact) mass is 370 g/mol. The second-order valence-corrected chi connectivity index (χ2v) is 6.99. The fourth-order valence-corrected chi connectivity index (χ4v) is 3.99. The van der Waals surface area contributed by atoms with E-state index in [1.54, 1.807) is 35.5 Å². The molecule has 4 rings (SSSR count). The lowest BCUT2D eigenvalue weighted by molar-refractivity contribution is 0.0975. The average Bonchev–Trinajstić information content (AvgIpc) is 3.16. The molecule has 0 aliphatic carbocycles. The van der Waals surface area contributed by atoms with Gasteiger partial charge in [-0.05, 0) is 41.8 Å². The molecule has 1 N–H and O–H groups in total. The molecule has 0 unspecified atom stereocenters. The Morgan fingerprint density at radius 2 is 2.00 bits per heavy atom. The highest BCUT2D eigenvalue weighted by molar-refractivity contribution is 7.10. The molecule has 1 aliphatic heterocycles. The van der Waals surface area contributed by atoms with Gasteiger partial charge in [0, 0.05) is 16.3 Å². The van der Waals surface area contributed by atoms with Crippen molar-refractivity contribution in [2.24, 2.45) is 0 Å². The molecule has 1 amide bonds. The Bertz CT molecular complexity index is 927. The summed E-state index contributed by atoms with van der Waals surface area (Å²) in [4.78, 5) is 16.0. The van der Waals surface area contributed by atoms with Gasteiger partial charge >= 0.3 is 0 Å². The molecule has 0 saturated heterocycles. The fourth-order valence-electron chi connectivity index (χ4n) is 2.97. The van der Waals surface area contributed by atoms with Crippen LogP contribution >= 0.6 is 22.9 Å². The third-order valence-electron chi connectivity index (χ3n) is 4.15. The molecule has 0 spiro atoms. The molecule has 3 aromatic rings. The summed E-state index contributed by atoms with van der Waals surface area (Å²) >= 11 is 7.89. The second kappa shape index (κ2) is 6.43. The molecule has 1 aromatic heterocycles. The number of methoxy groups -OCH3 is 1. The first kappa shape index (κ1) is 16.0. The Morgan fingerprint density at radius 3 is 2.72 bits per heavy atom. The smallest absolute Gasteiger partial charge is 0.262 e. The summed E-state index contributed by atoms with van der Waals surface area (Å²) in [6.45, 7) is 0. The van der Waals surface area contributed by atoms with Crippen LogP contribution in [0.2, 0.25) is 5.02 Å². The molecule has 1 aliphatic rings. The van der Waals surface area contributed by atoms with Gasteiger partial charge in [-0.15, -0.1) is 11.3 Å². The van der Waals surface area contributed by atoms with E-state index in [0.29, 0.717) is 16.3 Å². The first-order valence-electron chi connectivity index (χ1n) is 7.75. The van der Waals surface area contributed by atoms with Gasteiger partial charge in [-0.3, -0.25) is 9.69 Å². The van der Waals surface area contributed by atoms with Gasteiger partial charge in [0.15, 0.2) is 0 Å². The summed E-state index contributed by atoms with van der Waals surface area (Å²) in [5.74, 6) is 0.518. The van der Waals surface area contributed by atoms with Crippen molar-refractivity contribution in [3.05, 3.63) is 75.4 Å². The zero-order chi connectivity index (χ0) is 17.4. The van der Waals surface area contributed by atoms with E-state index in [1.807, 2.05) is 47.8 Å². The molecule has 2 aromatic carbocycles. The number of nitrogens with zero attached hydrogens (tertiary/aromatic N) is 1. The van der Waals surface area contributed by atoms with Crippen LogP contribution in [0.5, 0.6) is 5.75 Å².